The fourth-order valence-corrected chi connectivity index (χ4v) is 5.75. The number of nitrogens with zero attached hydrogens (tertiary/aromatic N) is 2. The van der Waals surface area contributed by atoms with E-state index < -0.39 is 21.1 Å². The Balaban J connectivity index is 0.000000185. The summed E-state index contributed by atoms with van der Waals surface area (Å²) in [6.45, 7) is 0.928. The van der Waals surface area contributed by atoms with Gasteiger partial charge in [0.1, 0.15) is 11.5 Å². The predicted molar refractivity (Wildman–Crippen MR) is 130 cm³/mol. The van der Waals surface area contributed by atoms with Gasteiger partial charge in [-0.1, -0.05) is 47.8 Å². The molecule has 0 aromatic heterocycles. The van der Waals surface area contributed by atoms with Gasteiger partial charge in [-0.3, -0.25) is 0 Å². The van der Waals surface area contributed by atoms with Crippen LogP contribution in [0.25, 0.3) is 10.6 Å². The van der Waals surface area contributed by atoms with Gasteiger partial charge in [-0.25, -0.2) is 0 Å². The summed E-state index contributed by atoms with van der Waals surface area (Å²) in [5.74, 6) is 0.333. The van der Waals surface area contributed by atoms with Crippen molar-refractivity contribution in [2.75, 3.05) is 13.1 Å². The fraction of sp³-hybridized carbons (Fsp3) is 0.0769. The Morgan fingerprint density at radius 2 is 0.839 bits per heavy atom. The maximum absolute atomic E-state index is 9.51. The molecule has 4 rings (SSSR count). The molecule has 0 unspecified atom stereocenters. The average Bonchev–Trinajstić information content (AvgIpc) is 2.81. The number of rotatable bonds is 7. The number of para-hydroxylation sites is 4. The summed E-state index contributed by atoms with van der Waals surface area (Å²) in [6.07, 6.45) is 0. The molecule has 2 N–H and O–H groups in total. The summed E-state index contributed by atoms with van der Waals surface area (Å²) < 4.78 is 3.08. The van der Waals surface area contributed by atoms with Crippen molar-refractivity contribution < 1.29 is 10.2 Å². The standard InChI is InChI=1S/C14H14N2O2.2C6H5.Sn/c17-13-7-3-1-5-11(13)15-9-10-16-12-6-2-4-8-14(12)18;2*1-2-4-6-5-3-1;/h1-8,17-18H,9-10H2;2*1-5H;/q-2;;;+2. The number of aromatic hydroxyl groups is 2. The van der Waals surface area contributed by atoms with Crippen molar-refractivity contribution >= 4 is 39.7 Å². The second kappa shape index (κ2) is 12.5. The molecule has 0 amide bonds. The molecule has 154 valence electrons. The minimum atomic E-state index is -0.517. The third-order valence-electron chi connectivity index (χ3n) is 4.26. The molecular formula is C26H24N2O2Sn. The maximum atomic E-state index is 9.51. The van der Waals surface area contributed by atoms with Gasteiger partial charge in [0.25, 0.3) is 0 Å². The van der Waals surface area contributed by atoms with Crippen LogP contribution < -0.4 is 7.16 Å². The van der Waals surface area contributed by atoms with E-state index in [4.69, 9.17) is 0 Å². The molecule has 4 aromatic carbocycles. The van der Waals surface area contributed by atoms with Gasteiger partial charge in [0.2, 0.25) is 0 Å². The van der Waals surface area contributed by atoms with Gasteiger partial charge >= 0.3 is 89.0 Å². The van der Waals surface area contributed by atoms with Crippen molar-refractivity contribution in [1.29, 1.82) is 0 Å². The van der Waals surface area contributed by atoms with Gasteiger partial charge in [-0.2, -0.15) is 0 Å². The van der Waals surface area contributed by atoms with Gasteiger partial charge < -0.3 is 20.8 Å². The van der Waals surface area contributed by atoms with Crippen LogP contribution in [0.4, 0.5) is 11.4 Å². The quantitative estimate of drug-likeness (QED) is 0.264. The SMILES string of the molecule is Oc1ccccc1[N-]CC[N-]c1ccccc1O.c1cc[c]([Sn+2][c]2ccccc2)cc1. The first-order valence-corrected chi connectivity index (χ1v) is 12.9. The van der Waals surface area contributed by atoms with Crippen molar-refractivity contribution in [3.05, 3.63) is 120 Å². The molecule has 0 bridgehead atoms. The first kappa shape index (κ1) is 22.6. The first-order chi connectivity index (χ1) is 15.2. The Kier molecular flexibility index (Phi) is 9.13. The van der Waals surface area contributed by atoms with Gasteiger partial charge in [0, 0.05) is 0 Å². The Labute approximate surface area is 193 Å². The predicted octanol–water partition coefficient (Wildman–Crippen LogP) is 5.15. The van der Waals surface area contributed by atoms with Crippen molar-refractivity contribution in [1.82, 2.24) is 0 Å². The van der Waals surface area contributed by atoms with E-state index in [2.05, 4.69) is 71.3 Å². The van der Waals surface area contributed by atoms with Gasteiger partial charge in [-0.05, 0) is 12.1 Å². The molecular weight excluding hydrogens is 491 g/mol. The molecule has 5 heteroatoms. The summed E-state index contributed by atoms with van der Waals surface area (Å²) in [4.78, 5) is 0. The first-order valence-electron chi connectivity index (χ1n) is 10.0. The van der Waals surface area contributed by atoms with Crippen LogP contribution in [0.2, 0.25) is 0 Å². The molecule has 0 aliphatic rings. The van der Waals surface area contributed by atoms with Gasteiger partial charge in [0.05, 0.1) is 0 Å². The van der Waals surface area contributed by atoms with E-state index in [-0.39, 0.29) is 11.5 Å². The van der Waals surface area contributed by atoms with E-state index in [1.165, 1.54) is 7.16 Å². The molecule has 0 aliphatic carbocycles. The second-order valence-corrected chi connectivity index (χ2v) is 10.6. The molecule has 0 aliphatic heterocycles. The van der Waals surface area contributed by atoms with Gasteiger partial charge in [-0.15, -0.1) is 13.1 Å². The Morgan fingerprint density at radius 3 is 1.23 bits per heavy atom. The van der Waals surface area contributed by atoms with Gasteiger partial charge in [0.15, 0.2) is 0 Å². The summed E-state index contributed by atoms with van der Waals surface area (Å²) in [7, 11) is 0. The van der Waals surface area contributed by atoms with Crippen molar-refractivity contribution in [3.63, 3.8) is 0 Å². The summed E-state index contributed by atoms with van der Waals surface area (Å²) in [6, 6.07) is 35.4. The average molecular weight is 515 g/mol. The normalized spacial score (nSPS) is 9.68. The van der Waals surface area contributed by atoms with Crippen LogP contribution in [0.15, 0.2) is 109 Å². The number of phenolic OH excluding ortho intramolecular Hbond substituents is 2. The van der Waals surface area contributed by atoms with Crippen LogP contribution in [-0.2, 0) is 0 Å². The Hall–Kier alpha value is -3.12. The van der Waals surface area contributed by atoms with E-state index in [0.29, 0.717) is 24.5 Å². The zero-order valence-electron chi connectivity index (χ0n) is 17.1. The molecule has 4 nitrogen and oxygen atoms in total. The zero-order valence-corrected chi connectivity index (χ0v) is 19.9. The molecule has 0 saturated heterocycles. The summed E-state index contributed by atoms with van der Waals surface area (Å²) in [5, 5.41) is 27.5. The van der Waals surface area contributed by atoms with Crippen molar-refractivity contribution in [2.45, 2.75) is 0 Å². The molecule has 0 atom stereocenters. The van der Waals surface area contributed by atoms with Crippen molar-refractivity contribution in [3.8, 4) is 11.5 Å². The number of benzene rings is 4. The summed E-state index contributed by atoms with van der Waals surface area (Å²) >= 11 is -0.517. The van der Waals surface area contributed by atoms with Crippen molar-refractivity contribution in [2.24, 2.45) is 0 Å². The molecule has 0 spiro atoms. The number of phenols is 2. The molecule has 4 aromatic rings. The van der Waals surface area contributed by atoms with E-state index in [9.17, 15) is 10.2 Å². The molecule has 0 heterocycles. The van der Waals surface area contributed by atoms with Crippen LogP contribution in [0.1, 0.15) is 0 Å². The van der Waals surface area contributed by atoms with Crippen LogP contribution >= 0.6 is 0 Å². The number of hydrogen-bond acceptors (Lipinski definition) is 2. The zero-order chi connectivity index (χ0) is 21.7. The molecule has 0 fully saturated rings. The van der Waals surface area contributed by atoms with Crippen LogP contribution in [0, 0.1) is 0 Å². The number of hydrogen-bond donors (Lipinski definition) is 2. The monoisotopic (exact) mass is 516 g/mol. The van der Waals surface area contributed by atoms with Crippen LogP contribution in [0.5, 0.6) is 11.5 Å². The van der Waals surface area contributed by atoms with E-state index in [0.717, 1.165) is 0 Å². The Bertz CT molecular complexity index is 958. The molecule has 31 heavy (non-hydrogen) atoms. The van der Waals surface area contributed by atoms with Crippen LogP contribution in [-0.4, -0.2) is 44.4 Å². The van der Waals surface area contributed by atoms with E-state index >= 15 is 0 Å². The second-order valence-electron chi connectivity index (χ2n) is 6.60. The third-order valence-corrected chi connectivity index (χ3v) is 7.81. The van der Waals surface area contributed by atoms with Crippen LogP contribution in [0.3, 0.4) is 0 Å². The fourth-order valence-electron chi connectivity index (χ4n) is 2.75. The topological polar surface area (TPSA) is 68.7 Å². The molecule has 0 saturated carbocycles. The summed E-state index contributed by atoms with van der Waals surface area (Å²) in [5.41, 5.74) is 1.12. The minimum absolute atomic E-state index is 0.167. The third kappa shape index (κ3) is 7.90. The van der Waals surface area contributed by atoms with E-state index in [1.807, 2.05) is 12.1 Å². The molecule has 0 radical (unpaired) electrons. The van der Waals surface area contributed by atoms with E-state index in [1.54, 1.807) is 36.4 Å². The Morgan fingerprint density at radius 1 is 0.484 bits per heavy atom.